The Hall–Kier alpha value is -0.0800. The van der Waals surface area contributed by atoms with E-state index in [1.165, 1.54) is 6.42 Å². The minimum atomic E-state index is -0.0449. The molecular weight excluding hydrogens is 116 g/mol. The third-order valence-corrected chi connectivity index (χ3v) is 1.18. The SMILES string of the molecule is CCCCO[C@H](C)OC. The van der Waals surface area contributed by atoms with E-state index in [1.54, 1.807) is 7.11 Å². The molecule has 0 radical (unpaired) electrons. The maximum absolute atomic E-state index is 5.21. The smallest absolute Gasteiger partial charge is 0.154 e. The van der Waals surface area contributed by atoms with Gasteiger partial charge in [0, 0.05) is 13.7 Å². The van der Waals surface area contributed by atoms with Crippen LogP contribution in [0.25, 0.3) is 0 Å². The predicted octanol–water partition coefficient (Wildman–Crippen LogP) is 1.80. The van der Waals surface area contributed by atoms with Crippen molar-refractivity contribution in [2.45, 2.75) is 33.0 Å². The molecule has 0 saturated heterocycles. The minimum Gasteiger partial charge on any atom is -0.356 e. The van der Waals surface area contributed by atoms with Crippen LogP contribution in [0.5, 0.6) is 0 Å². The first kappa shape index (κ1) is 8.92. The molecule has 0 aromatic carbocycles. The molecule has 0 aliphatic carbocycles. The second-order valence-electron chi connectivity index (χ2n) is 2.03. The third kappa shape index (κ3) is 5.80. The van der Waals surface area contributed by atoms with Crippen molar-refractivity contribution in [2.24, 2.45) is 0 Å². The molecule has 0 saturated carbocycles. The molecule has 0 rings (SSSR count). The van der Waals surface area contributed by atoms with E-state index in [1.807, 2.05) is 6.92 Å². The van der Waals surface area contributed by atoms with Crippen molar-refractivity contribution in [1.82, 2.24) is 0 Å². The molecule has 56 valence electrons. The van der Waals surface area contributed by atoms with Crippen LogP contribution in [0.3, 0.4) is 0 Å². The summed E-state index contributed by atoms with van der Waals surface area (Å²) in [6.07, 6.45) is 2.25. The zero-order valence-electron chi connectivity index (χ0n) is 6.52. The number of methoxy groups -OCH3 is 1. The van der Waals surface area contributed by atoms with Crippen LogP contribution in [-0.2, 0) is 9.47 Å². The Morgan fingerprint density at radius 3 is 2.56 bits per heavy atom. The van der Waals surface area contributed by atoms with Crippen molar-refractivity contribution in [1.29, 1.82) is 0 Å². The highest BCUT2D eigenvalue weighted by Gasteiger charge is 1.95. The van der Waals surface area contributed by atoms with Gasteiger partial charge in [-0.25, -0.2) is 0 Å². The second kappa shape index (κ2) is 6.05. The first-order valence-electron chi connectivity index (χ1n) is 3.45. The standard InChI is InChI=1S/C7H16O2/c1-4-5-6-9-7(2)8-3/h7H,4-6H2,1-3H3/t7-/m1/s1. The van der Waals surface area contributed by atoms with Crippen LogP contribution < -0.4 is 0 Å². The van der Waals surface area contributed by atoms with Crippen molar-refractivity contribution in [3.8, 4) is 0 Å². The van der Waals surface area contributed by atoms with Crippen LogP contribution in [0.4, 0.5) is 0 Å². The summed E-state index contributed by atoms with van der Waals surface area (Å²) in [5.41, 5.74) is 0. The molecule has 0 unspecified atom stereocenters. The van der Waals surface area contributed by atoms with E-state index < -0.39 is 0 Å². The van der Waals surface area contributed by atoms with Crippen molar-refractivity contribution in [3.05, 3.63) is 0 Å². The molecule has 2 heteroatoms. The molecular formula is C7H16O2. The highest BCUT2D eigenvalue weighted by atomic mass is 16.7. The minimum absolute atomic E-state index is 0.0449. The molecule has 0 N–H and O–H groups in total. The Kier molecular flexibility index (Phi) is 5.99. The maximum atomic E-state index is 5.21. The van der Waals surface area contributed by atoms with Crippen molar-refractivity contribution in [3.63, 3.8) is 0 Å². The van der Waals surface area contributed by atoms with E-state index in [-0.39, 0.29) is 6.29 Å². The summed E-state index contributed by atoms with van der Waals surface area (Å²) in [6.45, 7) is 4.85. The molecule has 0 heterocycles. The number of rotatable bonds is 5. The van der Waals surface area contributed by atoms with Crippen LogP contribution in [0.15, 0.2) is 0 Å². The van der Waals surface area contributed by atoms with Crippen LogP contribution in [0.2, 0.25) is 0 Å². The predicted molar refractivity (Wildman–Crippen MR) is 37.3 cm³/mol. The molecule has 0 aliphatic rings. The Labute approximate surface area is 57.2 Å². The Balaban J connectivity index is 2.88. The van der Waals surface area contributed by atoms with Gasteiger partial charge in [0.1, 0.15) is 0 Å². The molecule has 0 spiro atoms. The van der Waals surface area contributed by atoms with E-state index in [0.717, 1.165) is 13.0 Å². The summed E-state index contributed by atoms with van der Waals surface area (Å²) < 4.78 is 10.1. The Morgan fingerprint density at radius 2 is 2.11 bits per heavy atom. The molecule has 0 aromatic heterocycles. The number of ether oxygens (including phenoxy) is 2. The summed E-state index contributed by atoms with van der Waals surface area (Å²) in [7, 11) is 1.65. The maximum Gasteiger partial charge on any atom is 0.154 e. The summed E-state index contributed by atoms with van der Waals surface area (Å²) >= 11 is 0. The van der Waals surface area contributed by atoms with Gasteiger partial charge in [-0.15, -0.1) is 0 Å². The second-order valence-corrected chi connectivity index (χ2v) is 2.03. The summed E-state index contributed by atoms with van der Waals surface area (Å²) in [5.74, 6) is 0. The molecule has 0 aromatic rings. The molecule has 0 fully saturated rings. The van der Waals surface area contributed by atoms with Gasteiger partial charge < -0.3 is 9.47 Å². The van der Waals surface area contributed by atoms with Crippen LogP contribution in [-0.4, -0.2) is 20.0 Å². The molecule has 2 nitrogen and oxygen atoms in total. The van der Waals surface area contributed by atoms with Gasteiger partial charge in [0.2, 0.25) is 0 Å². The Bertz CT molecular complexity index is 54.9. The van der Waals surface area contributed by atoms with Gasteiger partial charge in [-0.1, -0.05) is 13.3 Å². The molecule has 0 bridgehead atoms. The van der Waals surface area contributed by atoms with Gasteiger partial charge in [0.15, 0.2) is 6.29 Å². The average Bonchev–Trinajstić information content (AvgIpc) is 1.89. The van der Waals surface area contributed by atoms with Crippen molar-refractivity contribution >= 4 is 0 Å². The number of hydrogen-bond donors (Lipinski definition) is 0. The lowest BCUT2D eigenvalue weighted by Crippen LogP contribution is -2.10. The first-order chi connectivity index (χ1) is 4.31. The molecule has 1 atom stereocenters. The van der Waals surface area contributed by atoms with Crippen LogP contribution in [0, 0.1) is 0 Å². The highest BCUT2D eigenvalue weighted by molar-refractivity contribution is 4.32. The van der Waals surface area contributed by atoms with Gasteiger partial charge in [-0.05, 0) is 13.3 Å². The fourth-order valence-electron chi connectivity index (χ4n) is 0.462. The fraction of sp³-hybridized carbons (Fsp3) is 1.00. The summed E-state index contributed by atoms with van der Waals surface area (Å²) in [4.78, 5) is 0. The lowest BCUT2D eigenvalue weighted by Gasteiger charge is -2.09. The molecule has 0 amide bonds. The van der Waals surface area contributed by atoms with Gasteiger partial charge in [0.05, 0.1) is 0 Å². The van der Waals surface area contributed by atoms with Crippen molar-refractivity contribution < 1.29 is 9.47 Å². The lowest BCUT2D eigenvalue weighted by atomic mass is 10.4. The van der Waals surface area contributed by atoms with Gasteiger partial charge in [0.25, 0.3) is 0 Å². The van der Waals surface area contributed by atoms with Crippen LogP contribution >= 0.6 is 0 Å². The first-order valence-corrected chi connectivity index (χ1v) is 3.45. The van der Waals surface area contributed by atoms with E-state index in [4.69, 9.17) is 9.47 Å². The normalized spacial score (nSPS) is 13.7. The Morgan fingerprint density at radius 1 is 1.44 bits per heavy atom. The van der Waals surface area contributed by atoms with Gasteiger partial charge >= 0.3 is 0 Å². The average molecular weight is 132 g/mol. The monoisotopic (exact) mass is 132 g/mol. The quantitative estimate of drug-likeness (QED) is 0.419. The van der Waals surface area contributed by atoms with Gasteiger partial charge in [-0.3, -0.25) is 0 Å². The van der Waals surface area contributed by atoms with E-state index in [0.29, 0.717) is 0 Å². The zero-order chi connectivity index (χ0) is 7.11. The van der Waals surface area contributed by atoms with Crippen LogP contribution in [0.1, 0.15) is 26.7 Å². The summed E-state index contributed by atoms with van der Waals surface area (Å²) in [5, 5.41) is 0. The van der Waals surface area contributed by atoms with Crippen molar-refractivity contribution in [2.75, 3.05) is 13.7 Å². The highest BCUT2D eigenvalue weighted by Crippen LogP contribution is 1.93. The third-order valence-electron chi connectivity index (χ3n) is 1.18. The number of unbranched alkanes of at least 4 members (excludes halogenated alkanes) is 1. The van der Waals surface area contributed by atoms with Gasteiger partial charge in [-0.2, -0.15) is 0 Å². The van der Waals surface area contributed by atoms with E-state index in [2.05, 4.69) is 6.92 Å². The molecule has 0 aliphatic heterocycles. The topological polar surface area (TPSA) is 18.5 Å². The zero-order valence-corrected chi connectivity index (χ0v) is 6.52. The van der Waals surface area contributed by atoms with E-state index in [9.17, 15) is 0 Å². The largest absolute Gasteiger partial charge is 0.356 e. The summed E-state index contributed by atoms with van der Waals surface area (Å²) in [6, 6.07) is 0. The van der Waals surface area contributed by atoms with E-state index >= 15 is 0 Å². The lowest BCUT2D eigenvalue weighted by molar-refractivity contribution is -0.111. The molecule has 9 heavy (non-hydrogen) atoms. The number of hydrogen-bond acceptors (Lipinski definition) is 2. The fourth-order valence-corrected chi connectivity index (χ4v) is 0.462.